The van der Waals surface area contributed by atoms with Crippen molar-refractivity contribution in [3.63, 3.8) is 0 Å². The SMILES string of the molecule is NCCOc1ccc(NC(=O)CCC2CCNCC2)cc1. The predicted octanol–water partition coefficient (Wildman–Crippen LogP) is 1.74. The van der Waals surface area contributed by atoms with E-state index < -0.39 is 0 Å². The third kappa shape index (κ3) is 5.73. The van der Waals surface area contributed by atoms with Crippen LogP contribution >= 0.6 is 0 Å². The van der Waals surface area contributed by atoms with E-state index in [0.29, 0.717) is 25.5 Å². The maximum absolute atomic E-state index is 11.9. The summed E-state index contributed by atoms with van der Waals surface area (Å²) in [4.78, 5) is 11.9. The van der Waals surface area contributed by atoms with Gasteiger partial charge in [-0.1, -0.05) is 0 Å². The van der Waals surface area contributed by atoms with Gasteiger partial charge in [-0.05, 0) is 62.5 Å². The zero-order valence-corrected chi connectivity index (χ0v) is 12.4. The van der Waals surface area contributed by atoms with E-state index in [1.54, 1.807) is 0 Å². The number of hydrogen-bond acceptors (Lipinski definition) is 4. The first-order valence-electron chi connectivity index (χ1n) is 7.71. The zero-order chi connectivity index (χ0) is 14.9. The van der Waals surface area contributed by atoms with Crippen molar-refractivity contribution in [1.29, 1.82) is 0 Å². The van der Waals surface area contributed by atoms with Gasteiger partial charge in [0.25, 0.3) is 0 Å². The van der Waals surface area contributed by atoms with Crippen molar-refractivity contribution in [2.45, 2.75) is 25.7 Å². The summed E-state index contributed by atoms with van der Waals surface area (Å²) in [7, 11) is 0. The Morgan fingerprint density at radius 1 is 1.29 bits per heavy atom. The number of carbonyl (C=O) groups excluding carboxylic acids is 1. The molecule has 0 saturated carbocycles. The van der Waals surface area contributed by atoms with Crippen molar-refractivity contribution in [3.8, 4) is 5.75 Å². The van der Waals surface area contributed by atoms with Gasteiger partial charge < -0.3 is 21.1 Å². The van der Waals surface area contributed by atoms with Crippen LogP contribution in [0.5, 0.6) is 5.75 Å². The summed E-state index contributed by atoms with van der Waals surface area (Å²) in [6, 6.07) is 7.40. The Labute approximate surface area is 126 Å². The summed E-state index contributed by atoms with van der Waals surface area (Å²) < 4.78 is 5.40. The number of ether oxygens (including phenoxy) is 1. The topological polar surface area (TPSA) is 76.4 Å². The molecule has 0 radical (unpaired) electrons. The first-order valence-corrected chi connectivity index (χ1v) is 7.71. The molecule has 1 aromatic rings. The molecule has 0 spiro atoms. The molecule has 5 heteroatoms. The molecular weight excluding hydrogens is 266 g/mol. The van der Waals surface area contributed by atoms with Crippen LogP contribution in [-0.4, -0.2) is 32.1 Å². The number of piperidine rings is 1. The smallest absolute Gasteiger partial charge is 0.224 e. The third-order valence-corrected chi connectivity index (χ3v) is 3.76. The van der Waals surface area contributed by atoms with Crippen LogP contribution < -0.4 is 21.1 Å². The summed E-state index contributed by atoms with van der Waals surface area (Å²) >= 11 is 0. The molecule has 5 nitrogen and oxygen atoms in total. The monoisotopic (exact) mass is 291 g/mol. The summed E-state index contributed by atoms with van der Waals surface area (Å²) in [5.74, 6) is 1.54. The fourth-order valence-corrected chi connectivity index (χ4v) is 2.54. The molecule has 21 heavy (non-hydrogen) atoms. The molecule has 2 rings (SSSR count). The predicted molar refractivity (Wildman–Crippen MR) is 84.4 cm³/mol. The fourth-order valence-electron chi connectivity index (χ4n) is 2.54. The van der Waals surface area contributed by atoms with E-state index in [2.05, 4.69) is 10.6 Å². The first-order chi connectivity index (χ1) is 10.3. The lowest BCUT2D eigenvalue weighted by Crippen LogP contribution is -2.28. The van der Waals surface area contributed by atoms with E-state index in [1.165, 1.54) is 12.8 Å². The van der Waals surface area contributed by atoms with E-state index in [9.17, 15) is 4.79 Å². The van der Waals surface area contributed by atoms with E-state index in [0.717, 1.165) is 30.9 Å². The highest BCUT2D eigenvalue weighted by Crippen LogP contribution is 2.19. The Balaban J connectivity index is 1.71. The second-order valence-electron chi connectivity index (χ2n) is 5.44. The van der Waals surface area contributed by atoms with Gasteiger partial charge in [0.05, 0.1) is 0 Å². The number of nitrogens with two attached hydrogens (primary N) is 1. The molecule has 1 aliphatic heterocycles. The lowest BCUT2D eigenvalue weighted by Gasteiger charge is -2.22. The van der Waals surface area contributed by atoms with Crippen molar-refractivity contribution < 1.29 is 9.53 Å². The Hall–Kier alpha value is -1.59. The Morgan fingerprint density at radius 3 is 2.67 bits per heavy atom. The molecule has 0 aliphatic carbocycles. The minimum atomic E-state index is 0.0872. The second kappa shape index (κ2) is 8.64. The molecule has 1 heterocycles. The molecule has 0 atom stereocenters. The van der Waals surface area contributed by atoms with E-state index in [1.807, 2.05) is 24.3 Å². The van der Waals surface area contributed by atoms with Gasteiger partial charge in [0, 0.05) is 18.7 Å². The molecule has 0 aromatic heterocycles. The van der Waals surface area contributed by atoms with E-state index in [-0.39, 0.29) is 5.91 Å². The number of nitrogens with one attached hydrogen (secondary N) is 2. The summed E-state index contributed by atoms with van der Waals surface area (Å²) in [5.41, 5.74) is 6.19. The van der Waals surface area contributed by atoms with Gasteiger partial charge in [0.15, 0.2) is 0 Å². The molecule has 1 saturated heterocycles. The average molecular weight is 291 g/mol. The number of hydrogen-bond donors (Lipinski definition) is 3. The van der Waals surface area contributed by atoms with Gasteiger partial charge in [-0.3, -0.25) is 4.79 Å². The minimum Gasteiger partial charge on any atom is -0.492 e. The van der Waals surface area contributed by atoms with E-state index >= 15 is 0 Å². The number of benzene rings is 1. The van der Waals surface area contributed by atoms with Crippen LogP contribution in [-0.2, 0) is 4.79 Å². The largest absolute Gasteiger partial charge is 0.492 e. The molecule has 1 aromatic carbocycles. The maximum atomic E-state index is 11.9. The molecule has 0 unspecified atom stereocenters. The van der Waals surface area contributed by atoms with Crippen LogP contribution in [0.2, 0.25) is 0 Å². The molecular formula is C16H25N3O2. The van der Waals surface area contributed by atoms with Gasteiger partial charge >= 0.3 is 0 Å². The van der Waals surface area contributed by atoms with Crippen molar-refractivity contribution in [1.82, 2.24) is 5.32 Å². The van der Waals surface area contributed by atoms with Gasteiger partial charge in [0.1, 0.15) is 12.4 Å². The third-order valence-electron chi connectivity index (χ3n) is 3.76. The van der Waals surface area contributed by atoms with Gasteiger partial charge in [-0.25, -0.2) is 0 Å². The molecule has 1 amide bonds. The summed E-state index contributed by atoms with van der Waals surface area (Å²) in [6.07, 6.45) is 3.93. The van der Waals surface area contributed by atoms with Gasteiger partial charge in [-0.2, -0.15) is 0 Å². The quantitative estimate of drug-likeness (QED) is 0.715. The highest BCUT2D eigenvalue weighted by molar-refractivity contribution is 5.90. The molecule has 1 aliphatic rings. The van der Waals surface area contributed by atoms with Crippen LogP contribution in [0.1, 0.15) is 25.7 Å². The Bertz CT molecular complexity index is 428. The maximum Gasteiger partial charge on any atom is 0.224 e. The fraction of sp³-hybridized carbons (Fsp3) is 0.562. The zero-order valence-electron chi connectivity index (χ0n) is 12.4. The second-order valence-corrected chi connectivity index (χ2v) is 5.44. The van der Waals surface area contributed by atoms with Gasteiger partial charge in [0.2, 0.25) is 5.91 Å². The average Bonchev–Trinajstić information content (AvgIpc) is 2.53. The minimum absolute atomic E-state index is 0.0872. The number of rotatable bonds is 7. The number of carbonyl (C=O) groups is 1. The lowest BCUT2D eigenvalue weighted by atomic mass is 9.93. The molecule has 0 bridgehead atoms. The van der Waals surface area contributed by atoms with Gasteiger partial charge in [-0.15, -0.1) is 0 Å². The van der Waals surface area contributed by atoms with E-state index in [4.69, 9.17) is 10.5 Å². The lowest BCUT2D eigenvalue weighted by molar-refractivity contribution is -0.116. The number of amides is 1. The van der Waals surface area contributed by atoms with Crippen LogP contribution in [0.15, 0.2) is 24.3 Å². The Kier molecular flexibility index (Phi) is 6.50. The summed E-state index contributed by atoms with van der Waals surface area (Å²) in [6.45, 7) is 3.16. The molecule has 116 valence electrons. The van der Waals surface area contributed by atoms with Crippen molar-refractivity contribution in [2.24, 2.45) is 11.7 Å². The normalized spacial score (nSPS) is 15.7. The van der Waals surface area contributed by atoms with Crippen LogP contribution in [0.4, 0.5) is 5.69 Å². The number of anilines is 1. The van der Waals surface area contributed by atoms with Crippen molar-refractivity contribution >= 4 is 11.6 Å². The molecule has 4 N–H and O–H groups in total. The molecule has 1 fully saturated rings. The summed E-state index contributed by atoms with van der Waals surface area (Å²) in [5, 5.41) is 6.27. The first kappa shape index (κ1) is 15.8. The van der Waals surface area contributed by atoms with Crippen molar-refractivity contribution in [3.05, 3.63) is 24.3 Å². The van der Waals surface area contributed by atoms with Crippen LogP contribution in [0.25, 0.3) is 0 Å². The standard InChI is InChI=1S/C16H25N3O2/c17-9-12-21-15-4-2-14(3-5-15)19-16(20)6-1-13-7-10-18-11-8-13/h2-5,13,18H,1,6-12,17H2,(H,19,20). The highest BCUT2D eigenvalue weighted by atomic mass is 16.5. The van der Waals surface area contributed by atoms with Crippen molar-refractivity contribution in [2.75, 3.05) is 31.6 Å². The van der Waals surface area contributed by atoms with Crippen LogP contribution in [0.3, 0.4) is 0 Å². The highest BCUT2D eigenvalue weighted by Gasteiger charge is 2.14. The Morgan fingerprint density at radius 2 is 2.00 bits per heavy atom. The van der Waals surface area contributed by atoms with Crippen LogP contribution in [0, 0.1) is 5.92 Å².